The Hall–Kier alpha value is -2.76. The molecule has 2 aliphatic rings. The van der Waals surface area contributed by atoms with Crippen LogP contribution in [0.15, 0.2) is 36.6 Å². The second kappa shape index (κ2) is 8.40. The van der Waals surface area contributed by atoms with Gasteiger partial charge in [0.2, 0.25) is 0 Å². The fourth-order valence-corrected chi connectivity index (χ4v) is 5.57. The largest absolute Gasteiger partial charge is 0.494 e. The summed E-state index contributed by atoms with van der Waals surface area (Å²) >= 11 is 0. The first-order valence-electron chi connectivity index (χ1n) is 11.0. The highest BCUT2D eigenvalue weighted by molar-refractivity contribution is 5.64. The van der Waals surface area contributed by atoms with Crippen molar-refractivity contribution < 1.29 is 14.2 Å². The van der Waals surface area contributed by atoms with Gasteiger partial charge in [-0.15, -0.1) is 5.10 Å². The zero-order valence-electron chi connectivity index (χ0n) is 19.3. The molecule has 1 aromatic carbocycles. The van der Waals surface area contributed by atoms with E-state index in [2.05, 4.69) is 36.8 Å². The summed E-state index contributed by atoms with van der Waals surface area (Å²) in [5.41, 5.74) is 4.64. The minimum absolute atomic E-state index is 0.264. The lowest BCUT2D eigenvalue weighted by atomic mass is 9.63. The number of nitrogens with zero attached hydrogens (tertiary/aromatic N) is 3. The fraction of sp³-hybridized carbons (Fsp3) is 0.520. The van der Waals surface area contributed by atoms with Crippen molar-refractivity contribution in [2.75, 3.05) is 21.3 Å². The first-order valence-corrected chi connectivity index (χ1v) is 11.0. The summed E-state index contributed by atoms with van der Waals surface area (Å²) in [6.07, 6.45) is 9.98. The number of hydrogen-bond acceptors (Lipinski definition) is 5. The second-order valence-electron chi connectivity index (χ2n) is 9.01. The van der Waals surface area contributed by atoms with E-state index in [-0.39, 0.29) is 5.41 Å². The second-order valence-corrected chi connectivity index (χ2v) is 9.01. The van der Waals surface area contributed by atoms with Crippen molar-refractivity contribution >= 4 is 5.57 Å². The van der Waals surface area contributed by atoms with Crippen LogP contribution in [0.2, 0.25) is 0 Å². The van der Waals surface area contributed by atoms with Gasteiger partial charge in [0, 0.05) is 12.1 Å². The average Bonchev–Trinajstić information content (AvgIpc) is 3.39. The molecule has 6 heteroatoms. The summed E-state index contributed by atoms with van der Waals surface area (Å²) in [5, 5.41) is 8.85. The van der Waals surface area contributed by atoms with Crippen LogP contribution in [0.1, 0.15) is 51.6 Å². The molecule has 1 fully saturated rings. The van der Waals surface area contributed by atoms with E-state index in [1.54, 1.807) is 32.1 Å². The Balaban J connectivity index is 1.62. The molecule has 2 aliphatic carbocycles. The molecule has 1 heterocycles. The van der Waals surface area contributed by atoms with E-state index < -0.39 is 0 Å². The topological polar surface area (TPSA) is 58.4 Å². The SMILES string of the molecule is C=C1CC[C@@H](C(C)C)[C@]12CC=C(c1cn(-c3cc(OC)c(OC)cc3OC)nn1)CC2. The van der Waals surface area contributed by atoms with Gasteiger partial charge in [-0.2, -0.15) is 0 Å². The normalized spacial score (nSPS) is 23.4. The zero-order valence-corrected chi connectivity index (χ0v) is 19.3. The van der Waals surface area contributed by atoms with Gasteiger partial charge in [0.05, 0.1) is 27.5 Å². The Kier molecular flexibility index (Phi) is 5.82. The lowest BCUT2D eigenvalue weighted by molar-refractivity contribution is 0.173. The Morgan fingerprint density at radius 3 is 2.39 bits per heavy atom. The third-order valence-corrected chi connectivity index (χ3v) is 7.28. The Labute approximate surface area is 184 Å². The van der Waals surface area contributed by atoms with Crippen molar-refractivity contribution in [1.82, 2.24) is 15.0 Å². The van der Waals surface area contributed by atoms with E-state index >= 15 is 0 Å². The van der Waals surface area contributed by atoms with Gasteiger partial charge < -0.3 is 14.2 Å². The number of allylic oxidation sites excluding steroid dienone is 3. The number of benzene rings is 1. The molecule has 31 heavy (non-hydrogen) atoms. The van der Waals surface area contributed by atoms with Gasteiger partial charge >= 0.3 is 0 Å². The lowest BCUT2D eigenvalue weighted by Gasteiger charge is -2.41. The van der Waals surface area contributed by atoms with E-state index in [9.17, 15) is 0 Å². The first-order chi connectivity index (χ1) is 14.9. The summed E-state index contributed by atoms with van der Waals surface area (Å²) < 4.78 is 18.1. The standard InChI is InChI=1S/C25H33N3O3/c1-16(2)19-8-7-17(3)25(19)11-9-18(10-12-25)20-15-28(27-26-20)21-13-23(30-5)24(31-6)14-22(21)29-4/h9,13-16,19H,3,7-8,10-12H2,1-2,4-6H3/t19-,25-/m0/s1. The van der Waals surface area contributed by atoms with Crippen molar-refractivity contribution in [3.63, 3.8) is 0 Å². The maximum Gasteiger partial charge on any atom is 0.164 e. The maximum absolute atomic E-state index is 5.56. The van der Waals surface area contributed by atoms with Crippen LogP contribution in [-0.2, 0) is 0 Å². The third-order valence-electron chi connectivity index (χ3n) is 7.28. The Bertz CT molecular complexity index is 1010. The Morgan fingerprint density at radius 2 is 1.77 bits per heavy atom. The van der Waals surface area contributed by atoms with E-state index in [1.165, 1.54) is 24.0 Å². The highest BCUT2D eigenvalue weighted by Gasteiger charge is 2.47. The summed E-state index contributed by atoms with van der Waals surface area (Å²) in [5.74, 6) is 3.29. The van der Waals surface area contributed by atoms with Gasteiger partial charge in [-0.1, -0.05) is 37.3 Å². The molecular formula is C25H33N3O3. The molecule has 1 aromatic heterocycles. The lowest BCUT2D eigenvalue weighted by Crippen LogP contribution is -2.31. The quantitative estimate of drug-likeness (QED) is 0.577. The predicted octanol–water partition coefficient (Wildman–Crippen LogP) is 5.47. The fourth-order valence-electron chi connectivity index (χ4n) is 5.57. The van der Waals surface area contributed by atoms with Crippen LogP contribution in [0.5, 0.6) is 17.2 Å². The van der Waals surface area contributed by atoms with E-state index in [0.29, 0.717) is 23.2 Å². The van der Waals surface area contributed by atoms with Gasteiger partial charge in [0.1, 0.15) is 17.1 Å². The minimum Gasteiger partial charge on any atom is -0.494 e. The van der Waals surface area contributed by atoms with E-state index in [1.807, 2.05) is 12.3 Å². The number of rotatable bonds is 6. The molecule has 4 rings (SSSR count). The summed E-state index contributed by atoms with van der Waals surface area (Å²) in [4.78, 5) is 0. The predicted molar refractivity (Wildman–Crippen MR) is 122 cm³/mol. The Morgan fingerprint density at radius 1 is 1.06 bits per heavy atom. The van der Waals surface area contributed by atoms with E-state index in [0.717, 1.165) is 36.6 Å². The average molecular weight is 424 g/mol. The van der Waals surface area contributed by atoms with Crippen molar-refractivity contribution in [3.8, 4) is 22.9 Å². The zero-order chi connectivity index (χ0) is 22.2. The number of methoxy groups -OCH3 is 3. The van der Waals surface area contributed by atoms with Crippen LogP contribution in [-0.4, -0.2) is 36.3 Å². The minimum atomic E-state index is 0.264. The van der Waals surface area contributed by atoms with Crippen LogP contribution in [0.3, 0.4) is 0 Å². The summed E-state index contributed by atoms with van der Waals surface area (Å²) in [7, 11) is 4.85. The van der Waals surface area contributed by atoms with Crippen LogP contribution >= 0.6 is 0 Å². The molecule has 0 radical (unpaired) electrons. The first kappa shape index (κ1) is 21.5. The molecule has 0 bridgehead atoms. The molecule has 0 unspecified atom stereocenters. The van der Waals surface area contributed by atoms with Crippen molar-refractivity contribution in [2.24, 2.45) is 17.3 Å². The number of ether oxygens (including phenoxy) is 3. The molecule has 2 atom stereocenters. The van der Waals surface area contributed by atoms with Crippen LogP contribution in [0.25, 0.3) is 11.3 Å². The van der Waals surface area contributed by atoms with Gasteiger partial charge in [0.15, 0.2) is 11.5 Å². The highest BCUT2D eigenvalue weighted by Crippen LogP contribution is 2.57. The third kappa shape index (κ3) is 3.62. The van der Waals surface area contributed by atoms with Gasteiger partial charge in [0.25, 0.3) is 0 Å². The highest BCUT2D eigenvalue weighted by atomic mass is 16.5. The smallest absolute Gasteiger partial charge is 0.164 e. The molecule has 6 nitrogen and oxygen atoms in total. The molecule has 0 aliphatic heterocycles. The molecule has 0 saturated heterocycles. The van der Waals surface area contributed by atoms with Gasteiger partial charge in [-0.3, -0.25) is 0 Å². The molecule has 1 saturated carbocycles. The van der Waals surface area contributed by atoms with Gasteiger partial charge in [-0.25, -0.2) is 4.68 Å². The van der Waals surface area contributed by atoms with Crippen molar-refractivity contribution in [1.29, 1.82) is 0 Å². The number of aromatic nitrogens is 3. The number of hydrogen-bond donors (Lipinski definition) is 0. The van der Waals surface area contributed by atoms with Gasteiger partial charge in [-0.05, 0) is 54.9 Å². The molecular weight excluding hydrogens is 390 g/mol. The monoisotopic (exact) mass is 423 g/mol. The molecule has 166 valence electrons. The van der Waals surface area contributed by atoms with Crippen molar-refractivity contribution in [3.05, 3.63) is 42.3 Å². The van der Waals surface area contributed by atoms with Crippen LogP contribution in [0, 0.1) is 17.3 Å². The van der Waals surface area contributed by atoms with E-state index in [4.69, 9.17) is 14.2 Å². The molecule has 0 amide bonds. The molecule has 1 spiro atoms. The molecule has 2 aromatic rings. The maximum atomic E-state index is 5.56. The summed E-state index contributed by atoms with van der Waals surface area (Å²) in [6, 6.07) is 3.66. The summed E-state index contributed by atoms with van der Waals surface area (Å²) in [6.45, 7) is 9.16. The van der Waals surface area contributed by atoms with Crippen LogP contribution in [0.4, 0.5) is 0 Å². The van der Waals surface area contributed by atoms with Crippen LogP contribution < -0.4 is 14.2 Å². The van der Waals surface area contributed by atoms with Crippen molar-refractivity contribution in [2.45, 2.75) is 46.0 Å². The molecule has 0 N–H and O–H groups in total.